The summed E-state index contributed by atoms with van der Waals surface area (Å²) in [4.78, 5) is 13.5. The minimum absolute atomic E-state index is 0. The van der Waals surface area contributed by atoms with Crippen molar-refractivity contribution in [3.63, 3.8) is 0 Å². The van der Waals surface area contributed by atoms with Crippen molar-refractivity contribution in [3.05, 3.63) is 29.8 Å². The molecule has 2 fully saturated rings. The van der Waals surface area contributed by atoms with Gasteiger partial charge in [0.05, 0.1) is 0 Å². The molecule has 5 heteroatoms. The van der Waals surface area contributed by atoms with Gasteiger partial charge >= 0.3 is 0 Å². The Morgan fingerprint density at radius 2 is 1.85 bits per heavy atom. The number of benzene rings is 1. The van der Waals surface area contributed by atoms with E-state index in [9.17, 15) is 4.79 Å². The fourth-order valence-electron chi connectivity index (χ4n) is 3.24. The Kier molecular flexibility index (Phi) is 5.02. The third kappa shape index (κ3) is 3.51. The van der Waals surface area contributed by atoms with E-state index < -0.39 is 0 Å². The number of anilines is 1. The highest BCUT2D eigenvalue weighted by molar-refractivity contribution is 5.88. The fraction of sp³-hybridized carbons (Fsp3) is 0.533. The Bertz CT molecular complexity index is 451. The van der Waals surface area contributed by atoms with Crippen molar-refractivity contribution in [2.75, 3.05) is 31.5 Å². The standard InChI is InChI=1S/C15H21N3O.ClH/c1-11(19)17-15-4-2-12(3-5-15)8-18-9-13-6-16-7-14(13)10-18;/h2-5,13-14,16H,6-10H2,1H3,(H,17,19);1H/t13-,14+;. The Hall–Kier alpha value is -1.10. The zero-order chi connectivity index (χ0) is 13.2. The maximum atomic E-state index is 11.0. The number of rotatable bonds is 3. The van der Waals surface area contributed by atoms with Gasteiger partial charge in [-0.2, -0.15) is 0 Å². The van der Waals surface area contributed by atoms with Gasteiger partial charge in [0.1, 0.15) is 0 Å². The Balaban J connectivity index is 0.00000147. The first kappa shape index (κ1) is 15.3. The summed E-state index contributed by atoms with van der Waals surface area (Å²) in [6, 6.07) is 8.18. The van der Waals surface area contributed by atoms with Crippen molar-refractivity contribution in [2.24, 2.45) is 11.8 Å². The molecule has 3 rings (SSSR count). The van der Waals surface area contributed by atoms with Gasteiger partial charge in [-0.05, 0) is 42.6 Å². The normalized spacial score (nSPS) is 25.1. The number of nitrogens with zero attached hydrogens (tertiary/aromatic N) is 1. The van der Waals surface area contributed by atoms with Crippen LogP contribution in [0.3, 0.4) is 0 Å². The topological polar surface area (TPSA) is 44.4 Å². The van der Waals surface area contributed by atoms with Gasteiger partial charge in [0, 0.05) is 32.2 Å². The second-order valence-corrected chi connectivity index (χ2v) is 5.75. The molecule has 20 heavy (non-hydrogen) atoms. The van der Waals surface area contributed by atoms with E-state index in [1.165, 1.54) is 38.7 Å². The van der Waals surface area contributed by atoms with Crippen LogP contribution in [0.5, 0.6) is 0 Å². The zero-order valence-corrected chi connectivity index (χ0v) is 12.6. The Labute approximate surface area is 126 Å². The minimum Gasteiger partial charge on any atom is -0.326 e. The van der Waals surface area contributed by atoms with Crippen LogP contribution in [0, 0.1) is 11.8 Å². The van der Waals surface area contributed by atoms with E-state index in [1.54, 1.807) is 0 Å². The molecule has 0 unspecified atom stereocenters. The summed E-state index contributed by atoms with van der Waals surface area (Å²) in [7, 11) is 0. The molecule has 110 valence electrons. The van der Waals surface area contributed by atoms with E-state index in [0.717, 1.165) is 24.1 Å². The maximum absolute atomic E-state index is 11.0. The van der Waals surface area contributed by atoms with Crippen molar-refractivity contribution in [1.29, 1.82) is 0 Å². The van der Waals surface area contributed by atoms with Crippen LogP contribution in [0.25, 0.3) is 0 Å². The van der Waals surface area contributed by atoms with E-state index in [2.05, 4.69) is 27.7 Å². The maximum Gasteiger partial charge on any atom is 0.221 e. The molecule has 2 atom stereocenters. The van der Waals surface area contributed by atoms with E-state index >= 15 is 0 Å². The molecule has 0 saturated carbocycles. The largest absolute Gasteiger partial charge is 0.326 e. The first-order valence-electron chi connectivity index (χ1n) is 7.00. The molecule has 1 aromatic carbocycles. The van der Waals surface area contributed by atoms with Gasteiger partial charge in [0.15, 0.2) is 0 Å². The number of hydrogen-bond donors (Lipinski definition) is 2. The predicted molar refractivity (Wildman–Crippen MR) is 83.1 cm³/mol. The lowest BCUT2D eigenvalue weighted by molar-refractivity contribution is -0.114. The Morgan fingerprint density at radius 1 is 1.25 bits per heavy atom. The van der Waals surface area contributed by atoms with Crippen LogP contribution in [0.1, 0.15) is 12.5 Å². The van der Waals surface area contributed by atoms with Crippen LogP contribution in [-0.4, -0.2) is 37.0 Å². The molecule has 2 aliphatic heterocycles. The third-order valence-electron chi connectivity index (χ3n) is 4.15. The SMILES string of the molecule is CC(=O)Nc1ccc(CN2C[C@H]3CNC[C@H]3C2)cc1.Cl. The van der Waals surface area contributed by atoms with Gasteiger partial charge in [-0.3, -0.25) is 9.69 Å². The summed E-state index contributed by atoms with van der Waals surface area (Å²) >= 11 is 0. The highest BCUT2D eigenvalue weighted by atomic mass is 35.5. The highest BCUT2D eigenvalue weighted by Gasteiger charge is 2.35. The first-order chi connectivity index (χ1) is 9.20. The summed E-state index contributed by atoms with van der Waals surface area (Å²) in [6.07, 6.45) is 0. The summed E-state index contributed by atoms with van der Waals surface area (Å²) in [5.74, 6) is 1.67. The van der Waals surface area contributed by atoms with E-state index in [0.29, 0.717) is 0 Å². The second kappa shape index (κ2) is 6.57. The lowest BCUT2D eigenvalue weighted by atomic mass is 10.0. The summed E-state index contributed by atoms with van der Waals surface area (Å²) in [5.41, 5.74) is 2.20. The number of hydrogen-bond acceptors (Lipinski definition) is 3. The van der Waals surface area contributed by atoms with Crippen LogP contribution >= 0.6 is 12.4 Å². The van der Waals surface area contributed by atoms with Crippen molar-refractivity contribution in [3.8, 4) is 0 Å². The van der Waals surface area contributed by atoms with Crippen LogP contribution in [-0.2, 0) is 11.3 Å². The van der Waals surface area contributed by atoms with Gasteiger partial charge in [-0.15, -0.1) is 12.4 Å². The molecule has 2 aliphatic rings. The molecule has 4 nitrogen and oxygen atoms in total. The molecular formula is C15H22ClN3O. The summed E-state index contributed by atoms with van der Waals surface area (Å²) < 4.78 is 0. The number of fused-ring (bicyclic) bond motifs is 1. The molecule has 2 heterocycles. The highest BCUT2D eigenvalue weighted by Crippen LogP contribution is 2.27. The van der Waals surface area contributed by atoms with Crippen LogP contribution < -0.4 is 10.6 Å². The Morgan fingerprint density at radius 3 is 2.40 bits per heavy atom. The number of nitrogens with one attached hydrogen (secondary N) is 2. The van der Waals surface area contributed by atoms with E-state index in [1.807, 2.05) is 12.1 Å². The zero-order valence-electron chi connectivity index (χ0n) is 11.8. The molecule has 1 amide bonds. The predicted octanol–water partition coefficient (Wildman–Crippen LogP) is 1.72. The fourth-order valence-corrected chi connectivity index (χ4v) is 3.24. The van der Waals surface area contributed by atoms with Crippen molar-refractivity contribution in [2.45, 2.75) is 13.5 Å². The molecule has 0 aromatic heterocycles. The average molecular weight is 296 g/mol. The first-order valence-corrected chi connectivity index (χ1v) is 7.00. The van der Waals surface area contributed by atoms with Crippen molar-refractivity contribution >= 4 is 24.0 Å². The molecule has 0 bridgehead atoms. The lowest BCUT2D eigenvalue weighted by Gasteiger charge is -2.17. The molecule has 0 spiro atoms. The van der Waals surface area contributed by atoms with Crippen LogP contribution in [0.2, 0.25) is 0 Å². The molecule has 2 saturated heterocycles. The monoisotopic (exact) mass is 295 g/mol. The smallest absolute Gasteiger partial charge is 0.221 e. The van der Waals surface area contributed by atoms with Crippen molar-refractivity contribution < 1.29 is 4.79 Å². The number of halogens is 1. The van der Waals surface area contributed by atoms with Crippen LogP contribution in [0.15, 0.2) is 24.3 Å². The number of likely N-dealkylation sites (tertiary alicyclic amines) is 1. The lowest BCUT2D eigenvalue weighted by Crippen LogP contribution is -2.25. The van der Waals surface area contributed by atoms with Gasteiger partial charge in [0.2, 0.25) is 5.91 Å². The number of amides is 1. The summed E-state index contributed by atoms with van der Waals surface area (Å²) in [5, 5.41) is 6.26. The summed E-state index contributed by atoms with van der Waals surface area (Å²) in [6.45, 7) is 7.35. The molecule has 2 N–H and O–H groups in total. The molecule has 1 aromatic rings. The van der Waals surface area contributed by atoms with Gasteiger partial charge in [0.25, 0.3) is 0 Å². The number of carbonyl (C=O) groups excluding carboxylic acids is 1. The van der Waals surface area contributed by atoms with Crippen LogP contribution in [0.4, 0.5) is 5.69 Å². The second-order valence-electron chi connectivity index (χ2n) is 5.75. The molecule has 0 aliphatic carbocycles. The van der Waals surface area contributed by atoms with Gasteiger partial charge in [-0.25, -0.2) is 0 Å². The van der Waals surface area contributed by atoms with E-state index in [4.69, 9.17) is 0 Å². The number of carbonyl (C=O) groups is 1. The third-order valence-corrected chi connectivity index (χ3v) is 4.15. The molecule has 0 radical (unpaired) electrons. The van der Waals surface area contributed by atoms with Gasteiger partial charge < -0.3 is 10.6 Å². The minimum atomic E-state index is -0.0207. The quantitative estimate of drug-likeness (QED) is 0.892. The molecular weight excluding hydrogens is 274 g/mol. The average Bonchev–Trinajstić information content (AvgIpc) is 2.91. The van der Waals surface area contributed by atoms with E-state index in [-0.39, 0.29) is 18.3 Å². The van der Waals surface area contributed by atoms with Crippen molar-refractivity contribution in [1.82, 2.24) is 10.2 Å². The van der Waals surface area contributed by atoms with Gasteiger partial charge in [-0.1, -0.05) is 12.1 Å².